The van der Waals surface area contributed by atoms with Gasteiger partial charge in [-0.2, -0.15) is 0 Å². The highest BCUT2D eigenvalue weighted by molar-refractivity contribution is 6.09. The first-order valence-electron chi connectivity index (χ1n) is 11.1. The van der Waals surface area contributed by atoms with Gasteiger partial charge in [0, 0.05) is 18.3 Å². The van der Waals surface area contributed by atoms with E-state index in [1.807, 2.05) is 42.5 Å². The third-order valence-corrected chi connectivity index (χ3v) is 5.24. The Bertz CT molecular complexity index is 1290. The molecule has 0 saturated carbocycles. The first kappa shape index (κ1) is 23.5. The quantitative estimate of drug-likeness (QED) is 0.367. The van der Waals surface area contributed by atoms with Crippen molar-refractivity contribution in [3.05, 3.63) is 120 Å². The molecule has 1 aromatic heterocycles. The maximum Gasteiger partial charge on any atom is 0.255 e. The Morgan fingerprint density at radius 1 is 0.829 bits per heavy atom. The van der Waals surface area contributed by atoms with E-state index in [-0.39, 0.29) is 11.8 Å². The number of aromatic nitrogens is 1. The van der Waals surface area contributed by atoms with Crippen molar-refractivity contribution in [2.24, 2.45) is 0 Å². The fourth-order valence-electron chi connectivity index (χ4n) is 3.39. The monoisotopic (exact) mass is 467 g/mol. The topological polar surface area (TPSA) is 89.5 Å². The van der Waals surface area contributed by atoms with Crippen LogP contribution in [0.2, 0.25) is 0 Å². The largest absolute Gasteiger partial charge is 0.497 e. The number of pyridine rings is 1. The highest BCUT2D eigenvalue weighted by atomic mass is 16.5. The molecule has 7 nitrogen and oxygen atoms in total. The number of hydrogen-bond acceptors (Lipinski definition) is 5. The molecular formula is C28H25N3O4. The standard InChI is InChI=1S/C28H25N3O4/c1-34-23-14-12-21(13-15-23)27(32)31-26-11-3-2-10-25(26)28(33)30-18-20-7-6-9-24(17-20)35-19-22-8-4-5-16-29-22/h2-17H,18-19H2,1H3,(H,30,33)(H,31,32). The van der Waals surface area contributed by atoms with Gasteiger partial charge in [0.25, 0.3) is 11.8 Å². The van der Waals surface area contributed by atoms with Crippen LogP contribution < -0.4 is 20.1 Å². The average molecular weight is 468 g/mol. The normalized spacial score (nSPS) is 10.3. The Balaban J connectivity index is 1.37. The molecule has 0 radical (unpaired) electrons. The number of carbonyl (C=O) groups is 2. The van der Waals surface area contributed by atoms with E-state index in [1.54, 1.807) is 61.8 Å². The minimum absolute atomic E-state index is 0.296. The van der Waals surface area contributed by atoms with Crippen LogP contribution in [0.4, 0.5) is 5.69 Å². The highest BCUT2D eigenvalue weighted by Gasteiger charge is 2.14. The van der Waals surface area contributed by atoms with E-state index in [9.17, 15) is 9.59 Å². The van der Waals surface area contributed by atoms with Crippen LogP contribution in [-0.2, 0) is 13.2 Å². The number of nitrogens with zero attached hydrogens (tertiary/aromatic N) is 1. The number of hydrogen-bond donors (Lipinski definition) is 2. The van der Waals surface area contributed by atoms with Crippen molar-refractivity contribution in [1.82, 2.24) is 10.3 Å². The van der Waals surface area contributed by atoms with Gasteiger partial charge in [-0.3, -0.25) is 14.6 Å². The smallest absolute Gasteiger partial charge is 0.255 e. The maximum absolute atomic E-state index is 12.9. The number of nitrogens with one attached hydrogen (secondary N) is 2. The van der Waals surface area contributed by atoms with E-state index in [0.29, 0.717) is 41.5 Å². The highest BCUT2D eigenvalue weighted by Crippen LogP contribution is 2.19. The van der Waals surface area contributed by atoms with Gasteiger partial charge in [0.15, 0.2) is 0 Å². The van der Waals surface area contributed by atoms with Gasteiger partial charge in [-0.25, -0.2) is 0 Å². The molecule has 176 valence electrons. The van der Waals surface area contributed by atoms with Crippen LogP contribution >= 0.6 is 0 Å². The Labute approximate surface area is 203 Å². The van der Waals surface area contributed by atoms with Crippen LogP contribution in [-0.4, -0.2) is 23.9 Å². The van der Waals surface area contributed by atoms with Crippen LogP contribution in [0.5, 0.6) is 11.5 Å². The molecule has 3 aromatic carbocycles. The summed E-state index contributed by atoms with van der Waals surface area (Å²) in [4.78, 5) is 29.8. The van der Waals surface area contributed by atoms with Crippen LogP contribution in [0, 0.1) is 0 Å². The van der Waals surface area contributed by atoms with Gasteiger partial charge in [-0.05, 0) is 66.2 Å². The molecule has 0 aliphatic rings. The molecule has 0 aliphatic carbocycles. The van der Waals surface area contributed by atoms with Gasteiger partial charge in [-0.15, -0.1) is 0 Å². The minimum atomic E-state index is -0.314. The maximum atomic E-state index is 12.9. The lowest BCUT2D eigenvalue weighted by molar-refractivity contribution is 0.0951. The van der Waals surface area contributed by atoms with E-state index in [4.69, 9.17) is 9.47 Å². The lowest BCUT2D eigenvalue weighted by Crippen LogP contribution is -2.25. The molecule has 2 amide bonds. The summed E-state index contributed by atoms with van der Waals surface area (Å²) in [6, 6.07) is 26.8. The number of methoxy groups -OCH3 is 1. The van der Waals surface area contributed by atoms with Crippen LogP contribution in [0.1, 0.15) is 32.0 Å². The fraction of sp³-hybridized carbons (Fsp3) is 0.107. The lowest BCUT2D eigenvalue weighted by atomic mass is 10.1. The SMILES string of the molecule is COc1ccc(C(=O)Nc2ccccc2C(=O)NCc2cccc(OCc3ccccn3)c2)cc1. The Morgan fingerprint density at radius 3 is 2.40 bits per heavy atom. The Kier molecular flexibility index (Phi) is 7.70. The molecule has 0 atom stereocenters. The zero-order valence-corrected chi connectivity index (χ0v) is 19.2. The van der Waals surface area contributed by atoms with Gasteiger partial charge in [0.05, 0.1) is 24.1 Å². The molecule has 4 rings (SSSR count). The van der Waals surface area contributed by atoms with Crippen molar-refractivity contribution in [3.8, 4) is 11.5 Å². The molecular weight excluding hydrogens is 442 g/mol. The van der Waals surface area contributed by atoms with Gasteiger partial charge >= 0.3 is 0 Å². The molecule has 0 spiro atoms. The van der Waals surface area contributed by atoms with E-state index in [1.165, 1.54) is 0 Å². The van der Waals surface area contributed by atoms with Gasteiger partial charge in [0.1, 0.15) is 18.1 Å². The van der Waals surface area contributed by atoms with Gasteiger partial charge in [-0.1, -0.05) is 30.3 Å². The molecule has 2 N–H and O–H groups in total. The number of amides is 2. The second-order valence-corrected chi connectivity index (χ2v) is 7.67. The molecule has 7 heteroatoms. The second kappa shape index (κ2) is 11.5. The fourth-order valence-corrected chi connectivity index (χ4v) is 3.39. The molecule has 4 aromatic rings. The van der Waals surface area contributed by atoms with Gasteiger partial charge in [0.2, 0.25) is 0 Å². The zero-order valence-electron chi connectivity index (χ0n) is 19.2. The summed E-state index contributed by atoms with van der Waals surface area (Å²) < 4.78 is 10.9. The first-order chi connectivity index (χ1) is 17.1. The van der Waals surface area contributed by atoms with Crippen LogP contribution in [0.25, 0.3) is 0 Å². The van der Waals surface area contributed by atoms with Crippen molar-refractivity contribution < 1.29 is 19.1 Å². The number of anilines is 1. The number of carbonyl (C=O) groups excluding carboxylic acids is 2. The molecule has 0 saturated heterocycles. The molecule has 35 heavy (non-hydrogen) atoms. The van der Waals surface area contributed by atoms with Crippen LogP contribution in [0.3, 0.4) is 0 Å². The zero-order chi connectivity index (χ0) is 24.5. The number of ether oxygens (including phenoxy) is 2. The summed E-state index contributed by atoms with van der Waals surface area (Å²) in [6.45, 7) is 0.665. The molecule has 0 unspecified atom stereocenters. The third kappa shape index (κ3) is 6.45. The third-order valence-electron chi connectivity index (χ3n) is 5.24. The van der Waals surface area contributed by atoms with E-state index in [0.717, 1.165) is 11.3 Å². The summed E-state index contributed by atoms with van der Waals surface area (Å²) in [5.74, 6) is 0.739. The van der Waals surface area contributed by atoms with Crippen molar-refractivity contribution in [2.75, 3.05) is 12.4 Å². The Hall–Kier alpha value is -4.65. The Morgan fingerprint density at radius 2 is 1.63 bits per heavy atom. The summed E-state index contributed by atoms with van der Waals surface area (Å²) >= 11 is 0. The molecule has 0 aliphatic heterocycles. The number of rotatable bonds is 9. The summed E-state index contributed by atoms with van der Waals surface area (Å²) in [5, 5.41) is 5.73. The van der Waals surface area contributed by atoms with E-state index >= 15 is 0 Å². The van der Waals surface area contributed by atoms with Crippen molar-refractivity contribution >= 4 is 17.5 Å². The molecule has 1 heterocycles. The van der Waals surface area contributed by atoms with Crippen molar-refractivity contribution in [2.45, 2.75) is 13.2 Å². The summed E-state index contributed by atoms with van der Waals surface area (Å²) in [7, 11) is 1.56. The number of benzene rings is 3. The summed E-state index contributed by atoms with van der Waals surface area (Å²) in [5.41, 5.74) is 2.98. The van der Waals surface area contributed by atoms with Crippen molar-refractivity contribution in [3.63, 3.8) is 0 Å². The molecule has 0 bridgehead atoms. The van der Waals surface area contributed by atoms with Crippen molar-refractivity contribution in [1.29, 1.82) is 0 Å². The van der Waals surface area contributed by atoms with Gasteiger partial charge < -0.3 is 20.1 Å². The molecule has 0 fully saturated rings. The lowest BCUT2D eigenvalue weighted by Gasteiger charge is -2.12. The predicted molar refractivity (Wildman–Crippen MR) is 134 cm³/mol. The summed E-state index contributed by atoms with van der Waals surface area (Å²) in [6.07, 6.45) is 1.72. The van der Waals surface area contributed by atoms with E-state index < -0.39 is 0 Å². The van der Waals surface area contributed by atoms with E-state index in [2.05, 4.69) is 15.6 Å². The van der Waals surface area contributed by atoms with Crippen LogP contribution in [0.15, 0.2) is 97.2 Å². The number of para-hydroxylation sites is 1. The average Bonchev–Trinajstić information content (AvgIpc) is 2.91. The second-order valence-electron chi connectivity index (χ2n) is 7.67. The predicted octanol–water partition coefficient (Wildman–Crippen LogP) is 4.85. The minimum Gasteiger partial charge on any atom is -0.497 e. The first-order valence-corrected chi connectivity index (χ1v) is 11.1.